The van der Waals surface area contributed by atoms with E-state index in [4.69, 9.17) is 0 Å². The van der Waals surface area contributed by atoms with Crippen molar-refractivity contribution in [3.05, 3.63) is 12.4 Å². The fourth-order valence-corrected chi connectivity index (χ4v) is 3.68. The maximum atomic E-state index is 12.5. The molecule has 1 aromatic rings. The summed E-state index contributed by atoms with van der Waals surface area (Å²) in [5.74, 6) is 2.52. The molecular formula is C18H29N5O. The SMILES string of the molecule is CCC(CC)C(=O)N1CCN(c2cc(N3CCCC3)ncn2)CC1. The van der Waals surface area contributed by atoms with E-state index in [-0.39, 0.29) is 5.92 Å². The Kier molecular flexibility index (Phi) is 5.53. The second-order valence-electron chi connectivity index (χ2n) is 6.75. The number of rotatable bonds is 5. The third kappa shape index (κ3) is 3.62. The van der Waals surface area contributed by atoms with Crippen molar-refractivity contribution in [2.75, 3.05) is 49.1 Å². The molecule has 0 spiro atoms. The lowest BCUT2D eigenvalue weighted by atomic mass is 10.0. The van der Waals surface area contributed by atoms with E-state index in [0.717, 1.165) is 63.7 Å². The molecule has 2 aliphatic heterocycles. The van der Waals surface area contributed by atoms with Gasteiger partial charge in [0.05, 0.1) is 0 Å². The first-order chi connectivity index (χ1) is 11.7. The number of hydrogen-bond acceptors (Lipinski definition) is 5. The van der Waals surface area contributed by atoms with Gasteiger partial charge in [-0.25, -0.2) is 9.97 Å². The normalized spacial score (nSPS) is 18.5. The number of anilines is 2. The summed E-state index contributed by atoms with van der Waals surface area (Å²) in [4.78, 5) is 28.0. The van der Waals surface area contributed by atoms with Crippen molar-refractivity contribution in [3.63, 3.8) is 0 Å². The van der Waals surface area contributed by atoms with Crippen LogP contribution in [0.3, 0.4) is 0 Å². The summed E-state index contributed by atoms with van der Waals surface area (Å²) in [6.07, 6.45) is 6.03. The molecule has 2 fully saturated rings. The van der Waals surface area contributed by atoms with Crippen LogP contribution >= 0.6 is 0 Å². The van der Waals surface area contributed by atoms with Gasteiger partial charge in [-0.3, -0.25) is 4.79 Å². The maximum Gasteiger partial charge on any atom is 0.225 e. The molecule has 0 radical (unpaired) electrons. The molecule has 6 heteroatoms. The number of hydrogen-bond donors (Lipinski definition) is 0. The fourth-order valence-electron chi connectivity index (χ4n) is 3.68. The summed E-state index contributed by atoms with van der Waals surface area (Å²) >= 11 is 0. The molecule has 3 rings (SSSR count). The molecule has 132 valence electrons. The van der Waals surface area contributed by atoms with E-state index in [2.05, 4.69) is 39.7 Å². The Morgan fingerprint density at radius 3 is 2.04 bits per heavy atom. The zero-order chi connectivity index (χ0) is 16.9. The predicted octanol–water partition coefficient (Wildman–Crippen LogP) is 2.16. The Balaban J connectivity index is 1.60. The zero-order valence-electron chi connectivity index (χ0n) is 14.9. The molecule has 0 N–H and O–H groups in total. The van der Waals surface area contributed by atoms with E-state index in [1.807, 2.05) is 4.90 Å². The van der Waals surface area contributed by atoms with Gasteiger partial charge in [0, 0.05) is 51.3 Å². The lowest BCUT2D eigenvalue weighted by molar-refractivity contribution is -0.136. The van der Waals surface area contributed by atoms with Crippen LogP contribution in [0.5, 0.6) is 0 Å². The van der Waals surface area contributed by atoms with Crippen molar-refractivity contribution >= 4 is 17.5 Å². The number of carbonyl (C=O) groups excluding carboxylic acids is 1. The van der Waals surface area contributed by atoms with Gasteiger partial charge in [0.1, 0.15) is 18.0 Å². The van der Waals surface area contributed by atoms with E-state index < -0.39 is 0 Å². The van der Waals surface area contributed by atoms with E-state index in [1.54, 1.807) is 6.33 Å². The molecule has 0 bridgehead atoms. The Morgan fingerprint density at radius 2 is 1.50 bits per heavy atom. The average Bonchev–Trinajstić information content (AvgIpc) is 3.18. The van der Waals surface area contributed by atoms with Gasteiger partial charge in [-0.15, -0.1) is 0 Å². The van der Waals surface area contributed by atoms with Crippen LogP contribution in [0.2, 0.25) is 0 Å². The topological polar surface area (TPSA) is 52.6 Å². The Hall–Kier alpha value is -1.85. The summed E-state index contributed by atoms with van der Waals surface area (Å²) in [7, 11) is 0. The van der Waals surface area contributed by atoms with Crippen LogP contribution in [0, 0.1) is 5.92 Å². The van der Waals surface area contributed by atoms with Gasteiger partial charge in [-0.05, 0) is 25.7 Å². The van der Waals surface area contributed by atoms with Crippen molar-refractivity contribution in [2.45, 2.75) is 39.5 Å². The largest absolute Gasteiger partial charge is 0.356 e. The summed E-state index contributed by atoms with van der Waals surface area (Å²) < 4.78 is 0. The van der Waals surface area contributed by atoms with E-state index in [9.17, 15) is 4.79 Å². The zero-order valence-corrected chi connectivity index (χ0v) is 14.9. The van der Waals surface area contributed by atoms with E-state index in [0.29, 0.717) is 5.91 Å². The third-order valence-corrected chi connectivity index (χ3v) is 5.32. The van der Waals surface area contributed by atoms with Crippen molar-refractivity contribution in [1.29, 1.82) is 0 Å². The third-order valence-electron chi connectivity index (χ3n) is 5.32. The summed E-state index contributed by atoms with van der Waals surface area (Å²) in [5.41, 5.74) is 0. The van der Waals surface area contributed by atoms with Crippen LogP contribution in [0.25, 0.3) is 0 Å². The number of carbonyl (C=O) groups is 1. The molecule has 0 aliphatic carbocycles. The number of nitrogens with zero attached hydrogens (tertiary/aromatic N) is 5. The first-order valence-corrected chi connectivity index (χ1v) is 9.33. The quantitative estimate of drug-likeness (QED) is 0.827. The smallest absolute Gasteiger partial charge is 0.225 e. The minimum absolute atomic E-state index is 0.178. The minimum Gasteiger partial charge on any atom is -0.356 e. The van der Waals surface area contributed by atoms with Gasteiger partial charge in [-0.1, -0.05) is 13.8 Å². The van der Waals surface area contributed by atoms with Gasteiger partial charge >= 0.3 is 0 Å². The fraction of sp³-hybridized carbons (Fsp3) is 0.722. The van der Waals surface area contributed by atoms with Gasteiger partial charge in [0.2, 0.25) is 5.91 Å². The first kappa shape index (κ1) is 17.0. The molecule has 0 atom stereocenters. The maximum absolute atomic E-state index is 12.5. The lowest BCUT2D eigenvalue weighted by Crippen LogP contribution is -2.50. The highest BCUT2D eigenvalue weighted by Gasteiger charge is 2.26. The van der Waals surface area contributed by atoms with Crippen molar-refractivity contribution < 1.29 is 4.79 Å². The van der Waals surface area contributed by atoms with Crippen LogP contribution < -0.4 is 9.80 Å². The molecule has 0 unspecified atom stereocenters. The van der Waals surface area contributed by atoms with Crippen LogP contribution in [0.1, 0.15) is 39.5 Å². The second kappa shape index (κ2) is 7.81. The van der Waals surface area contributed by atoms with Crippen molar-refractivity contribution in [3.8, 4) is 0 Å². The van der Waals surface area contributed by atoms with Gasteiger partial charge in [0.15, 0.2) is 0 Å². The number of piperazine rings is 1. The molecule has 0 aromatic carbocycles. The average molecular weight is 331 g/mol. The molecule has 2 saturated heterocycles. The molecule has 0 saturated carbocycles. The van der Waals surface area contributed by atoms with Crippen LogP contribution in [0.15, 0.2) is 12.4 Å². The van der Waals surface area contributed by atoms with Crippen molar-refractivity contribution in [2.24, 2.45) is 5.92 Å². The predicted molar refractivity (Wildman–Crippen MR) is 96.3 cm³/mol. The summed E-state index contributed by atoms with van der Waals surface area (Å²) in [6, 6.07) is 2.10. The van der Waals surface area contributed by atoms with Crippen molar-refractivity contribution in [1.82, 2.24) is 14.9 Å². The Bertz CT molecular complexity index is 546. The van der Waals surface area contributed by atoms with E-state index >= 15 is 0 Å². The number of amides is 1. The molecule has 2 aliphatic rings. The molecule has 24 heavy (non-hydrogen) atoms. The van der Waals surface area contributed by atoms with Gasteiger partial charge in [0.25, 0.3) is 0 Å². The van der Waals surface area contributed by atoms with Crippen LogP contribution in [-0.2, 0) is 4.79 Å². The second-order valence-corrected chi connectivity index (χ2v) is 6.75. The molecular weight excluding hydrogens is 302 g/mol. The van der Waals surface area contributed by atoms with Gasteiger partial charge < -0.3 is 14.7 Å². The van der Waals surface area contributed by atoms with Crippen LogP contribution in [-0.4, -0.2) is 60.0 Å². The monoisotopic (exact) mass is 331 g/mol. The Morgan fingerprint density at radius 1 is 0.958 bits per heavy atom. The lowest BCUT2D eigenvalue weighted by Gasteiger charge is -2.37. The highest BCUT2D eigenvalue weighted by Crippen LogP contribution is 2.22. The molecule has 6 nitrogen and oxygen atoms in total. The standard InChI is InChI=1S/C18H29N5O/c1-3-15(4-2)18(24)23-11-9-22(10-12-23)17-13-16(19-14-20-17)21-7-5-6-8-21/h13-15H,3-12H2,1-2H3. The highest BCUT2D eigenvalue weighted by atomic mass is 16.2. The molecule has 1 amide bonds. The first-order valence-electron chi connectivity index (χ1n) is 9.33. The minimum atomic E-state index is 0.178. The van der Waals surface area contributed by atoms with Gasteiger partial charge in [-0.2, -0.15) is 0 Å². The highest BCUT2D eigenvalue weighted by molar-refractivity contribution is 5.79. The summed E-state index contributed by atoms with van der Waals surface area (Å²) in [6.45, 7) is 9.66. The van der Waals surface area contributed by atoms with Crippen LogP contribution in [0.4, 0.5) is 11.6 Å². The van der Waals surface area contributed by atoms with E-state index in [1.165, 1.54) is 12.8 Å². The summed E-state index contributed by atoms with van der Waals surface area (Å²) in [5, 5.41) is 0. The Labute approximate surface area is 144 Å². The number of aromatic nitrogens is 2. The molecule has 1 aromatic heterocycles. The molecule has 3 heterocycles.